The van der Waals surface area contributed by atoms with Crippen LogP contribution in [0.1, 0.15) is 16.7 Å². The maximum absolute atomic E-state index is 13.0. The molecule has 0 fully saturated rings. The highest BCUT2D eigenvalue weighted by Gasteiger charge is 2.19. The van der Waals surface area contributed by atoms with Gasteiger partial charge in [0.05, 0.1) is 18.5 Å². The molecule has 2 aromatic carbocycles. The van der Waals surface area contributed by atoms with Gasteiger partial charge in [-0.15, -0.1) is 0 Å². The quantitative estimate of drug-likeness (QED) is 0.868. The van der Waals surface area contributed by atoms with Gasteiger partial charge in [0.15, 0.2) is 0 Å². The lowest BCUT2D eigenvalue weighted by atomic mass is 10.1. The minimum Gasteiger partial charge on any atom is -0.266 e. The van der Waals surface area contributed by atoms with Gasteiger partial charge >= 0.3 is 0 Å². The van der Waals surface area contributed by atoms with Crippen molar-refractivity contribution in [1.82, 2.24) is 0 Å². The van der Waals surface area contributed by atoms with Crippen LogP contribution in [0.5, 0.6) is 0 Å². The molecular weight excluding hydrogens is 289 g/mol. The summed E-state index contributed by atoms with van der Waals surface area (Å²) >= 11 is 0. The Labute approximate surface area is 125 Å². The first-order valence-corrected chi connectivity index (χ1v) is 8.41. The second-order valence-corrected chi connectivity index (χ2v) is 7.09. The monoisotopic (exact) mass is 307 g/mol. The Morgan fingerprint density at radius 2 is 1.67 bits per heavy atom. The molecule has 0 aliphatic heterocycles. The number of benzene rings is 2. The van der Waals surface area contributed by atoms with E-state index in [4.69, 9.17) is 0 Å². The molecule has 2 aromatic rings. The molecule has 5 heteroatoms. The topological polar surface area (TPSA) is 37.4 Å². The van der Waals surface area contributed by atoms with E-state index in [9.17, 15) is 12.8 Å². The summed E-state index contributed by atoms with van der Waals surface area (Å²) in [6.07, 6.45) is 1.18. The zero-order valence-electron chi connectivity index (χ0n) is 12.3. The predicted molar refractivity (Wildman–Crippen MR) is 83.3 cm³/mol. The molecule has 0 aromatic heterocycles. The second-order valence-electron chi connectivity index (χ2n) is 5.19. The lowest BCUT2D eigenvalue weighted by Gasteiger charge is -2.24. The molecule has 0 aliphatic carbocycles. The molecule has 0 spiro atoms. The standard InChI is InChI=1S/C16H18FNO2S/c1-12-4-9-16(13(2)10-12)18(21(3,19)20)11-14-5-7-15(17)8-6-14/h4-10H,11H2,1-3H3. The first-order chi connectivity index (χ1) is 9.77. The van der Waals surface area contributed by atoms with Crippen LogP contribution in [0.25, 0.3) is 0 Å². The van der Waals surface area contributed by atoms with Gasteiger partial charge in [-0.1, -0.05) is 29.8 Å². The van der Waals surface area contributed by atoms with E-state index in [2.05, 4.69) is 0 Å². The van der Waals surface area contributed by atoms with Crippen LogP contribution in [0.15, 0.2) is 42.5 Å². The van der Waals surface area contributed by atoms with Crippen LogP contribution in [0.3, 0.4) is 0 Å². The fraction of sp³-hybridized carbons (Fsp3) is 0.250. The third kappa shape index (κ3) is 3.82. The minimum atomic E-state index is -3.42. The van der Waals surface area contributed by atoms with Gasteiger partial charge in [-0.3, -0.25) is 4.31 Å². The molecule has 0 atom stereocenters. The summed E-state index contributed by atoms with van der Waals surface area (Å²) in [5, 5.41) is 0. The van der Waals surface area contributed by atoms with Gasteiger partial charge in [-0.25, -0.2) is 12.8 Å². The third-order valence-electron chi connectivity index (χ3n) is 3.26. The van der Waals surface area contributed by atoms with Gasteiger partial charge in [0, 0.05) is 0 Å². The van der Waals surface area contributed by atoms with Crippen molar-refractivity contribution in [3.05, 3.63) is 65.0 Å². The molecular formula is C16H18FNO2S. The molecule has 0 aliphatic rings. The van der Waals surface area contributed by atoms with Crippen LogP contribution in [-0.4, -0.2) is 14.7 Å². The van der Waals surface area contributed by atoms with Crippen LogP contribution in [-0.2, 0) is 16.6 Å². The summed E-state index contributed by atoms with van der Waals surface area (Å²) < 4.78 is 38.5. The Morgan fingerprint density at radius 3 is 2.19 bits per heavy atom. The van der Waals surface area contributed by atoms with Gasteiger partial charge in [0.25, 0.3) is 0 Å². The maximum atomic E-state index is 13.0. The van der Waals surface area contributed by atoms with Crippen molar-refractivity contribution in [1.29, 1.82) is 0 Å². The number of sulfonamides is 1. The predicted octanol–water partition coefficient (Wildman–Crippen LogP) is 3.41. The van der Waals surface area contributed by atoms with Gasteiger partial charge in [-0.05, 0) is 43.2 Å². The van der Waals surface area contributed by atoms with Crippen LogP contribution < -0.4 is 4.31 Å². The number of hydrogen-bond donors (Lipinski definition) is 0. The largest absolute Gasteiger partial charge is 0.266 e. The van der Waals surface area contributed by atoms with Crippen LogP contribution in [0.4, 0.5) is 10.1 Å². The van der Waals surface area contributed by atoms with Crippen molar-refractivity contribution in [3.63, 3.8) is 0 Å². The number of anilines is 1. The molecule has 21 heavy (non-hydrogen) atoms. The number of hydrogen-bond acceptors (Lipinski definition) is 2. The molecule has 0 saturated heterocycles. The molecule has 112 valence electrons. The summed E-state index contributed by atoms with van der Waals surface area (Å²) in [4.78, 5) is 0. The highest BCUT2D eigenvalue weighted by atomic mass is 32.2. The van der Waals surface area contributed by atoms with E-state index in [1.54, 1.807) is 18.2 Å². The van der Waals surface area contributed by atoms with Gasteiger partial charge in [0.1, 0.15) is 5.82 Å². The van der Waals surface area contributed by atoms with Crippen molar-refractivity contribution in [2.45, 2.75) is 20.4 Å². The molecule has 0 radical (unpaired) electrons. The number of aryl methyl sites for hydroxylation is 2. The normalized spacial score (nSPS) is 11.4. The van der Waals surface area contributed by atoms with E-state index in [-0.39, 0.29) is 12.4 Å². The average Bonchev–Trinajstić information content (AvgIpc) is 2.38. The third-order valence-corrected chi connectivity index (χ3v) is 4.39. The number of nitrogens with zero attached hydrogens (tertiary/aromatic N) is 1. The molecule has 3 nitrogen and oxygen atoms in total. The van der Waals surface area contributed by atoms with Gasteiger partial charge < -0.3 is 0 Å². The highest BCUT2D eigenvalue weighted by Crippen LogP contribution is 2.25. The summed E-state index contributed by atoms with van der Waals surface area (Å²) in [6, 6.07) is 11.5. The average molecular weight is 307 g/mol. The van der Waals surface area contributed by atoms with Crippen molar-refractivity contribution in [2.24, 2.45) is 0 Å². The van der Waals surface area contributed by atoms with Crippen molar-refractivity contribution >= 4 is 15.7 Å². The van der Waals surface area contributed by atoms with E-state index in [1.807, 2.05) is 26.0 Å². The molecule has 0 bridgehead atoms. The van der Waals surface area contributed by atoms with Crippen molar-refractivity contribution in [2.75, 3.05) is 10.6 Å². The molecule has 0 heterocycles. The highest BCUT2D eigenvalue weighted by molar-refractivity contribution is 7.92. The van der Waals surface area contributed by atoms with Crippen molar-refractivity contribution < 1.29 is 12.8 Å². The molecule has 0 unspecified atom stereocenters. The zero-order chi connectivity index (χ0) is 15.6. The first kappa shape index (κ1) is 15.5. The molecule has 0 amide bonds. The molecule has 0 N–H and O–H groups in total. The van der Waals surface area contributed by atoms with Crippen molar-refractivity contribution in [3.8, 4) is 0 Å². The summed E-state index contributed by atoms with van der Waals surface area (Å²) in [6.45, 7) is 4.02. The van der Waals surface area contributed by atoms with E-state index < -0.39 is 10.0 Å². The van der Waals surface area contributed by atoms with Crippen LogP contribution in [0, 0.1) is 19.7 Å². The zero-order valence-corrected chi connectivity index (χ0v) is 13.1. The Hall–Kier alpha value is -1.88. The van der Waals surface area contributed by atoms with Gasteiger partial charge in [0.2, 0.25) is 10.0 Å². The Kier molecular flexibility index (Phi) is 4.32. The summed E-state index contributed by atoms with van der Waals surface area (Å²) in [7, 11) is -3.42. The van der Waals surface area contributed by atoms with E-state index >= 15 is 0 Å². The number of halogens is 1. The first-order valence-electron chi connectivity index (χ1n) is 6.57. The minimum absolute atomic E-state index is 0.184. The maximum Gasteiger partial charge on any atom is 0.232 e. The van der Waals surface area contributed by atoms with E-state index in [1.165, 1.54) is 22.7 Å². The lowest BCUT2D eigenvalue weighted by Crippen LogP contribution is -2.29. The number of rotatable bonds is 4. The molecule has 2 rings (SSSR count). The van der Waals surface area contributed by atoms with Crippen LogP contribution >= 0.6 is 0 Å². The fourth-order valence-electron chi connectivity index (χ4n) is 2.22. The fourth-order valence-corrected chi connectivity index (χ4v) is 3.17. The lowest BCUT2D eigenvalue weighted by molar-refractivity contribution is 0.596. The Balaban J connectivity index is 2.42. The van der Waals surface area contributed by atoms with Gasteiger partial charge in [-0.2, -0.15) is 0 Å². The SMILES string of the molecule is Cc1ccc(N(Cc2ccc(F)cc2)S(C)(=O)=O)c(C)c1. The second kappa shape index (κ2) is 5.85. The molecule has 0 saturated carbocycles. The Bertz CT molecular complexity index is 739. The van der Waals surface area contributed by atoms with E-state index in [0.717, 1.165) is 16.7 Å². The Morgan fingerprint density at radius 1 is 1.05 bits per heavy atom. The smallest absolute Gasteiger partial charge is 0.232 e. The summed E-state index contributed by atoms with van der Waals surface area (Å²) in [5.41, 5.74) is 3.35. The van der Waals surface area contributed by atoms with E-state index in [0.29, 0.717) is 5.69 Å². The summed E-state index contributed by atoms with van der Waals surface area (Å²) in [5.74, 6) is -0.337. The van der Waals surface area contributed by atoms with Crippen LogP contribution in [0.2, 0.25) is 0 Å².